The van der Waals surface area contributed by atoms with Crippen LogP contribution in [0.4, 0.5) is 5.69 Å². The molecule has 1 unspecified atom stereocenters. The zero-order valence-corrected chi connectivity index (χ0v) is 9.75. The molecule has 4 heteroatoms. The molecule has 15 heavy (non-hydrogen) atoms. The monoisotopic (exact) mass is 225 g/mol. The molecular weight excluding hydrogens is 210 g/mol. The van der Waals surface area contributed by atoms with Crippen LogP contribution in [0.25, 0.3) is 0 Å². The van der Waals surface area contributed by atoms with Crippen molar-refractivity contribution in [3.8, 4) is 5.75 Å². The molecule has 0 radical (unpaired) electrons. The summed E-state index contributed by atoms with van der Waals surface area (Å²) >= 11 is 4.07. The number of carbonyl (C=O) groups excluding carboxylic acids is 1. The van der Waals surface area contributed by atoms with E-state index in [1.54, 1.807) is 13.2 Å². The Morgan fingerprint density at radius 2 is 2.33 bits per heavy atom. The largest absolute Gasteiger partial charge is 0.497 e. The van der Waals surface area contributed by atoms with E-state index >= 15 is 0 Å². The van der Waals surface area contributed by atoms with E-state index in [1.165, 1.54) is 0 Å². The lowest BCUT2D eigenvalue weighted by molar-refractivity contribution is -0.118. The van der Waals surface area contributed by atoms with Crippen LogP contribution in [0.2, 0.25) is 0 Å². The van der Waals surface area contributed by atoms with Gasteiger partial charge in [-0.15, -0.1) is 0 Å². The third-order valence-electron chi connectivity index (χ3n) is 2.06. The van der Waals surface area contributed by atoms with Crippen molar-refractivity contribution in [3.63, 3.8) is 0 Å². The molecule has 82 valence electrons. The fraction of sp³-hybridized carbons (Fsp3) is 0.364. The SMILES string of the molecule is COc1cccc(NC(=O)C(C)CS)c1. The molecule has 3 nitrogen and oxygen atoms in total. The van der Waals surface area contributed by atoms with E-state index in [0.29, 0.717) is 5.75 Å². The summed E-state index contributed by atoms with van der Waals surface area (Å²) in [4.78, 5) is 11.5. The van der Waals surface area contributed by atoms with Gasteiger partial charge >= 0.3 is 0 Å². The summed E-state index contributed by atoms with van der Waals surface area (Å²) in [7, 11) is 1.59. The molecule has 1 aromatic carbocycles. The second-order valence-electron chi connectivity index (χ2n) is 3.30. The molecule has 0 aliphatic rings. The normalized spacial score (nSPS) is 11.9. The van der Waals surface area contributed by atoms with Gasteiger partial charge in [-0.3, -0.25) is 4.79 Å². The molecule has 0 aromatic heterocycles. The van der Waals surface area contributed by atoms with Gasteiger partial charge in [0, 0.05) is 23.4 Å². The van der Waals surface area contributed by atoms with Crippen molar-refractivity contribution >= 4 is 24.2 Å². The molecule has 0 saturated carbocycles. The summed E-state index contributed by atoms with van der Waals surface area (Å²) in [6.45, 7) is 1.84. The average Bonchev–Trinajstić information content (AvgIpc) is 2.28. The molecule has 0 aliphatic heterocycles. The molecule has 1 amide bonds. The maximum absolute atomic E-state index is 11.5. The first-order chi connectivity index (χ1) is 7.17. The minimum atomic E-state index is -0.0977. The van der Waals surface area contributed by atoms with Crippen LogP contribution in [-0.2, 0) is 4.79 Å². The Bertz CT molecular complexity index is 341. The topological polar surface area (TPSA) is 38.3 Å². The van der Waals surface area contributed by atoms with Gasteiger partial charge in [0.2, 0.25) is 5.91 Å². The van der Waals surface area contributed by atoms with Crippen LogP contribution < -0.4 is 10.1 Å². The molecule has 1 N–H and O–H groups in total. The highest BCUT2D eigenvalue weighted by molar-refractivity contribution is 7.80. The highest BCUT2D eigenvalue weighted by Crippen LogP contribution is 2.17. The van der Waals surface area contributed by atoms with Crippen molar-refractivity contribution in [2.45, 2.75) is 6.92 Å². The van der Waals surface area contributed by atoms with Gasteiger partial charge in [-0.1, -0.05) is 13.0 Å². The van der Waals surface area contributed by atoms with Gasteiger partial charge in [0.15, 0.2) is 0 Å². The number of amides is 1. The van der Waals surface area contributed by atoms with Gasteiger partial charge < -0.3 is 10.1 Å². The Hall–Kier alpha value is -1.16. The molecule has 0 heterocycles. The molecule has 0 spiro atoms. The van der Waals surface area contributed by atoms with Crippen molar-refractivity contribution in [3.05, 3.63) is 24.3 Å². The van der Waals surface area contributed by atoms with Crippen molar-refractivity contribution in [1.82, 2.24) is 0 Å². The maximum Gasteiger partial charge on any atom is 0.228 e. The Balaban J connectivity index is 2.68. The van der Waals surface area contributed by atoms with Crippen LogP contribution >= 0.6 is 12.6 Å². The van der Waals surface area contributed by atoms with Crippen LogP contribution in [0.1, 0.15) is 6.92 Å². The average molecular weight is 225 g/mol. The fourth-order valence-corrected chi connectivity index (χ4v) is 1.22. The minimum Gasteiger partial charge on any atom is -0.497 e. The van der Waals surface area contributed by atoms with Crippen molar-refractivity contribution < 1.29 is 9.53 Å². The molecule has 1 rings (SSSR count). The summed E-state index contributed by atoms with van der Waals surface area (Å²) in [5, 5.41) is 2.80. The predicted octanol–water partition coefficient (Wildman–Crippen LogP) is 2.20. The number of thiol groups is 1. The fourth-order valence-electron chi connectivity index (χ4n) is 1.05. The van der Waals surface area contributed by atoms with Gasteiger partial charge in [-0.25, -0.2) is 0 Å². The standard InChI is InChI=1S/C11H15NO2S/c1-8(7-15)11(13)12-9-4-3-5-10(6-9)14-2/h3-6,8,15H,7H2,1-2H3,(H,12,13). The van der Waals surface area contributed by atoms with Crippen molar-refractivity contribution in [1.29, 1.82) is 0 Å². The quantitative estimate of drug-likeness (QED) is 0.771. The van der Waals surface area contributed by atoms with Crippen LogP contribution in [0.5, 0.6) is 5.75 Å². The van der Waals surface area contributed by atoms with Crippen molar-refractivity contribution in [2.24, 2.45) is 5.92 Å². The van der Waals surface area contributed by atoms with Gasteiger partial charge in [-0.05, 0) is 12.1 Å². The maximum atomic E-state index is 11.5. The summed E-state index contributed by atoms with van der Waals surface area (Å²) in [5.74, 6) is 1.14. The second-order valence-corrected chi connectivity index (χ2v) is 3.67. The number of anilines is 1. The lowest BCUT2D eigenvalue weighted by Crippen LogP contribution is -2.21. The van der Waals surface area contributed by atoms with Gasteiger partial charge in [-0.2, -0.15) is 12.6 Å². The van der Waals surface area contributed by atoms with E-state index in [0.717, 1.165) is 11.4 Å². The zero-order valence-electron chi connectivity index (χ0n) is 8.86. The summed E-state index contributed by atoms with van der Waals surface area (Å²) in [6, 6.07) is 7.27. The Morgan fingerprint density at radius 1 is 1.60 bits per heavy atom. The van der Waals surface area contributed by atoms with E-state index < -0.39 is 0 Å². The lowest BCUT2D eigenvalue weighted by atomic mass is 10.2. The van der Waals surface area contributed by atoms with E-state index in [-0.39, 0.29) is 11.8 Å². The molecular formula is C11H15NO2S. The third-order valence-corrected chi connectivity index (χ3v) is 2.61. The Labute approximate surface area is 95.2 Å². The minimum absolute atomic E-state index is 0.0294. The number of methoxy groups -OCH3 is 1. The molecule has 0 bridgehead atoms. The second kappa shape index (κ2) is 5.66. The van der Waals surface area contributed by atoms with Crippen LogP contribution in [0, 0.1) is 5.92 Å². The lowest BCUT2D eigenvalue weighted by Gasteiger charge is -2.10. The Morgan fingerprint density at radius 3 is 2.93 bits per heavy atom. The molecule has 0 aliphatic carbocycles. The summed E-state index contributed by atoms with van der Waals surface area (Å²) in [5.41, 5.74) is 0.744. The summed E-state index contributed by atoms with van der Waals surface area (Å²) in [6.07, 6.45) is 0. The van der Waals surface area contributed by atoms with E-state index in [4.69, 9.17) is 4.74 Å². The zero-order chi connectivity index (χ0) is 11.3. The van der Waals surface area contributed by atoms with Crippen LogP contribution in [0.3, 0.4) is 0 Å². The number of ether oxygens (including phenoxy) is 1. The van der Waals surface area contributed by atoms with Gasteiger partial charge in [0.25, 0.3) is 0 Å². The van der Waals surface area contributed by atoms with E-state index in [1.807, 2.05) is 25.1 Å². The number of nitrogens with one attached hydrogen (secondary N) is 1. The first-order valence-corrected chi connectivity index (χ1v) is 5.36. The highest BCUT2D eigenvalue weighted by Gasteiger charge is 2.10. The van der Waals surface area contributed by atoms with Gasteiger partial charge in [0.05, 0.1) is 7.11 Å². The molecule has 0 saturated heterocycles. The first kappa shape index (κ1) is 11.9. The van der Waals surface area contributed by atoms with E-state index in [2.05, 4.69) is 17.9 Å². The molecule has 1 aromatic rings. The molecule has 0 fully saturated rings. The first-order valence-electron chi connectivity index (χ1n) is 4.73. The number of benzene rings is 1. The smallest absolute Gasteiger partial charge is 0.228 e. The van der Waals surface area contributed by atoms with Crippen LogP contribution in [-0.4, -0.2) is 18.8 Å². The third kappa shape index (κ3) is 3.47. The number of hydrogen-bond acceptors (Lipinski definition) is 3. The Kier molecular flexibility index (Phi) is 4.49. The van der Waals surface area contributed by atoms with Gasteiger partial charge in [0.1, 0.15) is 5.75 Å². The van der Waals surface area contributed by atoms with Crippen molar-refractivity contribution in [2.75, 3.05) is 18.2 Å². The molecule has 1 atom stereocenters. The predicted molar refractivity (Wildman–Crippen MR) is 64.6 cm³/mol. The van der Waals surface area contributed by atoms with E-state index in [9.17, 15) is 4.79 Å². The number of carbonyl (C=O) groups is 1. The number of hydrogen-bond donors (Lipinski definition) is 2. The van der Waals surface area contributed by atoms with Crippen LogP contribution in [0.15, 0.2) is 24.3 Å². The summed E-state index contributed by atoms with van der Waals surface area (Å²) < 4.78 is 5.06. The number of rotatable bonds is 4. The highest BCUT2D eigenvalue weighted by atomic mass is 32.1.